The summed E-state index contributed by atoms with van der Waals surface area (Å²) >= 11 is 0. The second-order valence-corrected chi connectivity index (χ2v) is 4.20. The Balaban J connectivity index is 2.16. The maximum atomic E-state index is 10.5. The average molecular weight is 208 g/mol. The van der Waals surface area contributed by atoms with Crippen molar-refractivity contribution in [2.75, 3.05) is 0 Å². The normalized spacial score (nSPS) is 19.9. The van der Waals surface area contributed by atoms with E-state index in [4.69, 9.17) is 5.11 Å². The van der Waals surface area contributed by atoms with Gasteiger partial charge in [-0.25, -0.2) is 4.98 Å². The van der Waals surface area contributed by atoms with Gasteiger partial charge in [0.05, 0.1) is 6.42 Å². The first-order chi connectivity index (χ1) is 7.18. The van der Waals surface area contributed by atoms with Gasteiger partial charge in [-0.2, -0.15) is 0 Å². The third-order valence-corrected chi connectivity index (χ3v) is 3.02. The van der Waals surface area contributed by atoms with Crippen LogP contribution in [0.15, 0.2) is 6.20 Å². The minimum atomic E-state index is -0.741. The van der Waals surface area contributed by atoms with Crippen LogP contribution in [0, 0.1) is 0 Å². The summed E-state index contributed by atoms with van der Waals surface area (Å²) in [6.07, 6.45) is 4.98. The smallest absolute Gasteiger partial charge is 0.303 e. The molecule has 2 heterocycles. The van der Waals surface area contributed by atoms with E-state index >= 15 is 0 Å². The first-order valence-electron chi connectivity index (χ1n) is 5.44. The molecule has 0 aromatic carbocycles. The Kier molecular flexibility index (Phi) is 2.75. The lowest BCUT2D eigenvalue weighted by Gasteiger charge is -2.21. The molecule has 0 saturated heterocycles. The van der Waals surface area contributed by atoms with E-state index in [0.717, 1.165) is 18.1 Å². The molecule has 0 radical (unpaired) electrons. The number of rotatable bonds is 3. The average Bonchev–Trinajstić information content (AvgIpc) is 2.59. The second-order valence-electron chi connectivity index (χ2n) is 4.20. The summed E-state index contributed by atoms with van der Waals surface area (Å²) in [4.78, 5) is 14.9. The highest BCUT2D eigenvalue weighted by Crippen LogP contribution is 2.26. The van der Waals surface area contributed by atoms with Crippen molar-refractivity contribution in [3.8, 4) is 0 Å². The van der Waals surface area contributed by atoms with Crippen LogP contribution in [-0.4, -0.2) is 20.6 Å². The summed E-state index contributed by atoms with van der Waals surface area (Å²) in [6.45, 7) is 3.17. The van der Waals surface area contributed by atoms with E-state index in [2.05, 4.69) is 16.5 Å². The maximum Gasteiger partial charge on any atom is 0.303 e. The summed E-state index contributed by atoms with van der Waals surface area (Å²) in [5.41, 5.74) is 1.07. The van der Waals surface area contributed by atoms with Crippen LogP contribution in [0.5, 0.6) is 0 Å². The molecule has 2 rings (SSSR count). The fourth-order valence-electron chi connectivity index (χ4n) is 2.20. The summed E-state index contributed by atoms with van der Waals surface area (Å²) in [7, 11) is 0. The van der Waals surface area contributed by atoms with Gasteiger partial charge in [0, 0.05) is 24.4 Å². The lowest BCUT2D eigenvalue weighted by molar-refractivity contribution is -0.136. The molecule has 1 unspecified atom stereocenters. The van der Waals surface area contributed by atoms with Gasteiger partial charge in [-0.15, -0.1) is 0 Å². The van der Waals surface area contributed by atoms with Gasteiger partial charge in [0.2, 0.25) is 0 Å². The van der Waals surface area contributed by atoms with Crippen LogP contribution >= 0.6 is 0 Å². The number of hydrogen-bond acceptors (Lipinski definition) is 2. The summed E-state index contributed by atoms with van der Waals surface area (Å²) in [5.74, 6) is 0.897. The fraction of sp³-hybridized carbons (Fsp3) is 0.636. The monoisotopic (exact) mass is 208 g/mol. The van der Waals surface area contributed by atoms with Gasteiger partial charge in [-0.05, 0) is 19.3 Å². The standard InChI is InChI=1S/C11H16N2O2/c1-8-3-2-6-13-9(4-5-10(14)15)7-12-11(8)13/h7-8H,2-6H2,1H3,(H,14,15). The molecular formula is C11H16N2O2. The Hall–Kier alpha value is -1.32. The van der Waals surface area contributed by atoms with Gasteiger partial charge in [-0.1, -0.05) is 6.92 Å². The van der Waals surface area contributed by atoms with Crippen molar-refractivity contribution in [2.45, 2.75) is 45.1 Å². The highest BCUT2D eigenvalue weighted by Gasteiger charge is 2.20. The molecule has 0 bridgehead atoms. The highest BCUT2D eigenvalue weighted by molar-refractivity contribution is 5.66. The van der Waals surface area contributed by atoms with E-state index in [0.29, 0.717) is 12.3 Å². The lowest BCUT2D eigenvalue weighted by atomic mass is 10.0. The number of nitrogens with zero attached hydrogens (tertiary/aromatic N) is 2. The number of carbonyl (C=O) groups is 1. The van der Waals surface area contributed by atoms with E-state index in [1.807, 2.05) is 6.20 Å². The number of aryl methyl sites for hydroxylation is 1. The number of hydrogen-bond donors (Lipinski definition) is 1. The Bertz CT molecular complexity index is 371. The molecule has 0 fully saturated rings. The number of aromatic nitrogens is 2. The van der Waals surface area contributed by atoms with E-state index in [1.165, 1.54) is 12.8 Å². The largest absolute Gasteiger partial charge is 0.481 e. The molecule has 1 aliphatic rings. The first-order valence-corrected chi connectivity index (χ1v) is 5.44. The zero-order valence-electron chi connectivity index (χ0n) is 8.94. The van der Waals surface area contributed by atoms with Crippen molar-refractivity contribution in [1.29, 1.82) is 0 Å². The molecule has 82 valence electrons. The fourth-order valence-corrected chi connectivity index (χ4v) is 2.20. The van der Waals surface area contributed by atoms with Crippen molar-refractivity contribution < 1.29 is 9.90 Å². The molecule has 0 saturated carbocycles. The van der Waals surface area contributed by atoms with Crippen molar-refractivity contribution in [2.24, 2.45) is 0 Å². The van der Waals surface area contributed by atoms with Crippen molar-refractivity contribution >= 4 is 5.97 Å². The molecular weight excluding hydrogens is 192 g/mol. The predicted octanol–water partition coefficient (Wildman–Crippen LogP) is 1.80. The minimum absolute atomic E-state index is 0.194. The quantitative estimate of drug-likeness (QED) is 0.824. The zero-order chi connectivity index (χ0) is 10.8. The van der Waals surface area contributed by atoms with Gasteiger partial charge >= 0.3 is 5.97 Å². The van der Waals surface area contributed by atoms with Gasteiger partial charge < -0.3 is 9.67 Å². The SMILES string of the molecule is CC1CCCn2c(CCC(=O)O)cnc21. The molecule has 4 heteroatoms. The number of carboxylic acid groups (broad SMARTS) is 1. The van der Waals surface area contributed by atoms with Crippen LogP contribution in [0.1, 0.15) is 43.6 Å². The summed E-state index contributed by atoms with van der Waals surface area (Å²) in [6, 6.07) is 0. The van der Waals surface area contributed by atoms with E-state index < -0.39 is 5.97 Å². The number of fused-ring (bicyclic) bond motifs is 1. The molecule has 4 nitrogen and oxygen atoms in total. The molecule has 0 aliphatic carbocycles. The van der Waals surface area contributed by atoms with Crippen LogP contribution in [0.25, 0.3) is 0 Å². The van der Waals surface area contributed by atoms with Crippen LogP contribution in [0.4, 0.5) is 0 Å². The molecule has 15 heavy (non-hydrogen) atoms. The maximum absolute atomic E-state index is 10.5. The minimum Gasteiger partial charge on any atom is -0.481 e. The Morgan fingerprint density at radius 3 is 3.27 bits per heavy atom. The van der Waals surface area contributed by atoms with Gasteiger partial charge in [0.25, 0.3) is 0 Å². The van der Waals surface area contributed by atoms with Crippen LogP contribution in [0.2, 0.25) is 0 Å². The highest BCUT2D eigenvalue weighted by atomic mass is 16.4. The number of carboxylic acids is 1. The Morgan fingerprint density at radius 1 is 1.73 bits per heavy atom. The zero-order valence-corrected chi connectivity index (χ0v) is 8.94. The van der Waals surface area contributed by atoms with E-state index in [9.17, 15) is 4.79 Å². The van der Waals surface area contributed by atoms with Crippen molar-refractivity contribution in [1.82, 2.24) is 9.55 Å². The van der Waals surface area contributed by atoms with Gasteiger partial charge in [-0.3, -0.25) is 4.79 Å². The lowest BCUT2D eigenvalue weighted by Crippen LogP contribution is -2.16. The third-order valence-electron chi connectivity index (χ3n) is 3.02. The van der Waals surface area contributed by atoms with Crippen molar-refractivity contribution in [3.63, 3.8) is 0 Å². The predicted molar refractivity (Wildman–Crippen MR) is 55.8 cm³/mol. The number of aliphatic carboxylic acids is 1. The molecule has 1 aromatic heterocycles. The first kappa shape index (κ1) is 10.2. The van der Waals surface area contributed by atoms with Crippen LogP contribution in [-0.2, 0) is 17.8 Å². The summed E-state index contributed by atoms with van der Waals surface area (Å²) in [5, 5.41) is 8.64. The van der Waals surface area contributed by atoms with Gasteiger partial charge in [0.1, 0.15) is 5.82 Å². The van der Waals surface area contributed by atoms with Gasteiger partial charge in [0.15, 0.2) is 0 Å². The number of imidazole rings is 1. The molecule has 1 atom stereocenters. The molecule has 1 aliphatic heterocycles. The van der Waals surface area contributed by atoms with E-state index in [1.54, 1.807) is 0 Å². The van der Waals surface area contributed by atoms with Crippen LogP contribution < -0.4 is 0 Å². The van der Waals surface area contributed by atoms with E-state index in [-0.39, 0.29) is 6.42 Å². The summed E-state index contributed by atoms with van der Waals surface area (Å²) < 4.78 is 2.19. The Morgan fingerprint density at radius 2 is 2.53 bits per heavy atom. The molecule has 0 spiro atoms. The van der Waals surface area contributed by atoms with Crippen molar-refractivity contribution in [3.05, 3.63) is 17.7 Å². The Labute approximate surface area is 88.9 Å². The molecule has 1 N–H and O–H groups in total. The second kappa shape index (κ2) is 4.04. The molecule has 0 amide bonds. The van der Waals surface area contributed by atoms with Crippen LogP contribution in [0.3, 0.4) is 0 Å². The molecule has 1 aromatic rings. The third kappa shape index (κ3) is 2.03. The topological polar surface area (TPSA) is 55.1 Å².